The molecule has 88 valence electrons. The van der Waals surface area contributed by atoms with Crippen molar-refractivity contribution in [1.82, 2.24) is 20.2 Å². The van der Waals surface area contributed by atoms with E-state index in [2.05, 4.69) is 15.3 Å². The molecular formula is C11H18N4O. The van der Waals surface area contributed by atoms with Crippen LogP contribution in [0.1, 0.15) is 19.5 Å². The molecule has 5 heteroatoms. The molecule has 0 radical (unpaired) electrons. The summed E-state index contributed by atoms with van der Waals surface area (Å²) in [4.78, 5) is 21.5. The number of nitrogens with one attached hydrogen (secondary N) is 1. The minimum absolute atomic E-state index is 0.0893. The number of hydrogen-bond donors (Lipinski definition) is 1. The minimum atomic E-state index is -0.202. The molecule has 0 saturated carbocycles. The molecule has 0 aromatic carbocycles. The van der Waals surface area contributed by atoms with Crippen molar-refractivity contribution in [3.8, 4) is 0 Å². The van der Waals surface area contributed by atoms with Gasteiger partial charge in [0.25, 0.3) is 0 Å². The Labute approximate surface area is 95.9 Å². The van der Waals surface area contributed by atoms with Crippen molar-refractivity contribution in [3.05, 3.63) is 24.3 Å². The van der Waals surface area contributed by atoms with E-state index in [9.17, 15) is 4.79 Å². The van der Waals surface area contributed by atoms with Gasteiger partial charge in [0.1, 0.15) is 0 Å². The predicted octanol–water partition coefficient (Wildman–Crippen LogP) is 0.433. The number of amides is 1. The topological polar surface area (TPSA) is 58.1 Å². The van der Waals surface area contributed by atoms with Crippen LogP contribution < -0.4 is 5.32 Å². The van der Waals surface area contributed by atoms with Crippen molar-refractivity contribution in [2.75, 3.05) is 13.6 Å². The first-order valence-corrected chi connectivity index (χ1v) is 5.38. The Morgan fingerprint density at radius 3 is 2.88 bits per heavy atom. The summed E-state index contributed by atoms with van der Waals surface area (Å²) in [5.41, 5.74) is 0.835. The van der Waals surface area contributed by atoms with Gasteiger partial charge in [-0.1, -0.05) is 0 Å². The highest BCUT2D eigenvalue weighted by atomic mass is 16.2. The Balaban J connectivity index is 2.41. The summed E-state index contributed by atoms with van der Waals surface area (Å²) in [5.74, 6) is 0.0893. The molecule has 1 unspecified atom stereocenters. The number of carbonyl (C=O) groups excluding carboxylic acids is 1. The first-order valence-electron chi connectivity index (χ1n) is 5.38. The molecule has 16 heavy (non-hydrogen) atoms. The molecule has 1 N–H and O–H groups in total. The normalized spacial score (nSPS) is 12.2. The number of carbonyl (C=O) groups is 1. The second kappa shape index (κ2) is 6.17. The van der Waals surface area contributed by atoms with E-state index in [0.717, 1.165) is 12.2 Å². The summed E-state index contributed by atoms with van der Waals surface area (Å²) in [7, 11) is 1.79. The Morgan fingerprint density at radius 2 is 2.31 bits per heavy atom. The summed E-state index contributed by atoms with van der Waals surface area (Å²) < 4.78 is 0. The van der Waals surface area contributed by atoms with E-state index in [1.54, 1.807) is 30.5 Å². The molecule has 0 spiro atoms. The zero-order valence-electron chi connectivity index (χ0n) is 9.97. The maximum absolute atomic E-state index is 11.7. The van der Waals surface area contributed by atoms with Crippen LogP contribution in [0.3, 0.4) is 0 Å². The van der Waals surface area contributed by atoms with Crippen LogP contribution in [0.5, 0.6) is 0 Å². The zero-order chi connectivity index (χ0) is 12.0. The minimum Gasteiger partial charge on any atom is -0.345 e. The fourth-order valence-corrected chi connectivity index (χ4v) is 1.25. The van der Waals surface area contributed by atoms with Gasteiger partial charge in [-0.2, -0.15) is 0 Å². The summed E-state index contributed by atoms with van der Waals surface area (Å²) >= 11 is 0. The lowest BCUT2D eigenvalue weighted by atomic mass is 10.3. The highest BCUT2D eigenvalue weighted by Gasteiger charge is 2.15. The average molecular weight is 222 g/mol. The van der Waals surface area contributed by atoms with Crippen LogP contribution >= 0.6 is 0 Å². The molecule has 1 heterocycles. The molecule has 0 bridgehead atoms. The first kappa shape index (κ1) is 12.6. The highest BCUT2D eigenvalue weighted by molar-refractivity contribution is 5.81. The third kappa shape index (κ3) is 3.58. The Bertz CT molecular complexity index is 328. The van der Waals surface area contributed by atoms with E-state index in [-0.39, 0.29) is 11.9 Å². The van der Waals surface area contributed by atoms with Crippen molar-refractivity contribution in [2.24, 2.45) is 0 Å². The fourth-order valence-electron chi connectivity index (χ4n) is 1.25. The Hall–Kier alpha value is -1.49. The van der Waals surface area contributed by atoms with E-state index in [0.29, 0.717) is 6.54 Å². The zero-order valence-corrected chi connectivity index (χ0v) is 9.97. The third-order valence-corrected chi connectivity index (χ3v) is 2.43. The molecule has 1 atom stereocenters. The molecule has 1 amide bonds. The van der Waals surface area contributed by atoms with Crippen LogP contribution in [0.4, 0.5) is 0 Å². The second-order valence-corrected chi connectivity index (χ2v) is 3.65. The Kier molecular flexibility index (Phi) is 4.85. The molecule has 1 aromatic rings. The van der Waals surface area contributed by atoms with Gasteiger partial charge in [0.15, 0.2) is 0 Å². The molecule has 0 fully saturated rings. The van der Waals surface area contributed by atoms with Gasteiger partial charge in [-0.25, -0.2) is 0 Å². The smallest absolute Gasteiger partial charge is 0.239 e. The molecule has 0 saturated heterocycles. The van der Waals surface area contributed by atoms with Gasteiger partial charge >= 0.3 is 0 Å². The van der Waals surface area contributed by atoms with Crippen molar-refractivity contribution in [2.45, 2.75) is 26.4 Å². The van der Waals surface area contributed by atoms with E-state index < -0.39 is 0 Å². The van der Waals surface area contributed by atoms with Crippen LogP contribution in [0.25, 0.3) is 0 Å². The van der Waals surface area contributed by atoms with E-state index in [1.807, 2.05) is 13.8 Å². The van der Waals surface area contributed by atoms with Gasteiger partial charge in [-0.05, 0) is 13.8 Å². The van der Waals surface area contributed by atoms with Crippen LogP contribution in [-0.4, -0.2) is 40.4 Å². The lowest BCUT2D eigenvalue weighted by Crippen LogP contribution is -2.42. The average Bonchev–Trinajstić information content (AvgIpc) is 2.35. The number of rotatable bonds is 5. The summed E-state index contributed by atoms with van der Waals surface area (Å²) in [6, 6.07) is -0.202. The predicted molar refractivity (Wildman–Crippen MR) is 61.6 cm³/mol. The fraction of sp³-hybridized carbons (Fsp3) is 0.545. The lowest BCUT2D eigenvalue weighted by Gasteiger charge is -2.20. The van der Waals surface area contributed by atoms with Crippen LogP contribution in [-0.2, 0) is 11.3 Å². The van der Waals surface area contributed by atoms with Gasteiger partial charge in [-0.3, -0.25) is 14.8 Å². The molecule has 1 aromatic heterocycles. The summed E-state index contributed by atoms with van der Waals surface area (Å²) in [6.07, 6.45) is 4.96. The van der Waals surface area contributed by atoms with Gasteiger partial charge < -0.3 is 10.2 Å². The van der Waals surface area contributed by atoms with Gasteiger partial charge in [0.05, 0.1) is 11.7 Å². The van der Waals surface area contributed by atoms with Crippen LogP contribution in [0.15, 0.2) is 18.6 Å². The van der Waals surface area contributed by atoms with E-state index in [4.69, 9.17) is 0 Å². The molecule has 5 nitrogen and oxygen atoms in total. The van der Waals surface area contributed by atoms with Crippen LogP contribution in [0.2, 0.25) is 0 Å². The number of aromatic nitrogens is 2. The molecular weight excluding hydrogens is 204 g/mol. The number of nitrogens with zero attached hydrogens (tertiary/aromatic N) is 3. The monoisotopic (exact) mass is 222 g/mol. The molecule has 0 aliphatic carbocycles. The maximum atomic E-state index is 11.7. The maximum Gasteiger partial charge on any atom is 0.239 e. The first-order chi connectivity index (χ1) is 7.65. The molecule has 0 aliphatic rings. The standard InChI is InChI=1S/C11H18N4O/c1-4-15(3)11(16)9(2)14-8-10-7-12-5-6-13-10/h5-7,9,14H,4,8H2,1-3H3. The largest absolute Gasteiger partial charge is 0.345 e. The van der Waals surface area contributed by atoms with Crippen molar-refractivity contribution >= 4 is 5.91 Å². The van der Waals surface area contributed by atoms with Crippen molar-refractivity contribution in [3.63, 3.8) is 0 Å². The number of hydrogen-bond acceptors (Lipinski definition) is 4. The summed E-state index contributed by atoms with van der Waals surface area (Å²) in [5, 5.41) is 3.12. The van der Waals surface area contributed by atoms with Crippen LogP contribution in [0, 0.1) is 0 Å². The third-order valence-electron chi connectivity index (χ3n) is 2.43. The van der Waals surface area contributed by atoms with Crippen molar-refractivity contribution in [1.29, 1.82) is 0 Å². The SMILES string of the molecule is CCN(C)C(=O)C(C)NCc1cnccn1. The number of likely N-dealkylation sites (N-methyl/N-ethyl adjacent to an activating group) is 1. The highest BCUT2D eigenvalue weighted by Crippen LogP contribution is 1.94. The van der Waals surface area contributed by atoms with E-state index >= 15 is 0 Å². The quantitative estimate of drug-likeness (QED) is 0.785. The van der Waals surface area contributed by atoms with Gasteiger partial charge in [0.2, 0.25) is 5.91 Å². The summed E-state index contributed by atoms with van der Waals surface area (Å²) in [6.45, 7) is 5.08. The van der Waals surface area contributed by atoms with E-state index in [1.165, 1.54) is 0 Å². The van der Waals surface area contributed by atoms with Gasteiger partial charge in [0, 0.05) is 38.7 Å². The second-order valence-electron chi connectivity index (χ2n) is 3.65. The van der Waals surface area contributed by atoms with Crippen molar-refractivity contribution < 1.29 is 4.79 Å². The molecule has 0 aliphatic heterocycles. The Morgan fingerprint density at radius 1 is 1.56 bits per heavy atom. The molecule has 1 rings (SSSR count). The lowest BCUT2D eigenvalue weighted by molar-refractivity contribution is -0.131. The van der Waals surface area contributed by atoms with Gasteiger partial charge in [-0.15, -0.1) is 0 Å².